The van der Waals surface area contributed by atoms with Gasteiger partial charge in [-0.05, 0) is 42.0 Å². The Morgan fingerprint density at radius 3 is 2.47 bits per heavy atom. The molecule has 176 valence electrons. The van der Waals surface area contributed by atoms with Gasteiger partial charge in [0.25, 0.3) is 0 Å². The molecule has 0 aliphatic carbocycles. The molecular formula is C29H32FN3S. The topological polar surface area (TPSA) is 21.1 Å². The molecule has 0 saturated heterocycles. The quantitative estimate of drug-likeness (QED) is 0.212. The molecule has 4 rings (SSSR count). The van der Waals surface area contributed by atoms with Crippen LogP contribution in [0.5, 0.6) is 0 Å². The minimum Gasteiger partial charge on any atom is -0.327 e. The van der Waals surface area contributed by atoms with Gasteiger partial charge < -0.3 is 4.57 Å². The Morgan fingerprint density at radius 1 is 0.912 bits per heavy atom. The third kappa shape index (κ3) is 6.16. The molecule has 0 atom stereocenters. The summed E-state index contributed by atoms with van der Waals surface area (Å²) in [7, 11) is 0. The van der Waals surface area contributed by atoms with Gasteiger partial charge in [-0.25, -0.2) is 9.37 Å². The minimum atomic E-state index is -0.233. The highest BCUT2D eigenvalue weighted by molar-refractivity contribution is 7.98. The second kappa shape index (κ2) is 12.0. The fraction of sp³-hybridized carbons (Fsp3) is 0.276. The van der Waals surface area contributed by atoms with Crippen LogP contribution in [0.25, 0.3) is 11.4 Å². The number of rotatable bonds is 11. The third-order valence-corrected chi connectivity index (χ3v) is 6.82. The largest absolute Gasteiger partial charge is 0.327 e. The number of nitrogens with zero attached hydrogens (tertiary/aromatic N) is 3. The van der Waals surface area contributed by atoms with Crippen molar-refractivity contribution in [3.05, 3.63) is 108 Å². The van der Waals surface area contributed by atoms with Crippen LogP contribution in [0.1, 0.15) is 36.6 Å². The standard InChI is InChI=1S/C29H32FN3S/c1-3-4-17-33-27(19-31-29(33)24-14-10-15-26(30)18-24)22-32(20-23-11-6-5-7-12-23)21-25-13-8-9-16-28(25)34-2/h5-16,18-19H,3-4,17,20-22H2,1-2H3. The number of halogens is 1. The molecule has 0 spiro atoms. The van der Waals surface area contributed by atoms with Gasteiger partial charge in [0.1, 0.15) is 11.6 Å². The summed E-state index contributed by atoms with van der Waals surface area (Å²) in [6.45, 7) is 5.53. The molecule has 0 aliphatic heterocycles. The molecule has 0 radical (unpaired) electrons. The van der Waals surface area contributed by atoms with E-state index in [0.29, 0.717) is 0 Å². The number of benzene rings is 3. The lowest BCUT2D eigenvalue weighted by Crippen LogP contribution is -2.24. The van der Waals surface area contributed by atoms with E-state index in [1.54, 1.807) is 23.9 Å². The van der Waals surface area contributed by atoms with Crippen molar-refractivity contribution >= 4 is 11.8 Å². The van der Waals surface area contributed by atoms with E-state index in [1.165, 1.54) is 22.1 Å². The summed E-state index contributed by atoms with van der Waals surface area (Å²) >= 11 is 1.79. The van der Waals surface area contributed by atoms with Crippen molar-refractivity contribution in [1.29, 1.82) is 0 Å². The van der Waals surface area contributed by atoms with Gasteiger partial charge in [-0.15, -0.1) is 11.8 Å². The molecule has 5 heteroatoms. The maximum absolute atomic E-state index is 14.0. The summed E-state index contributed by atoms with van der Waals surface area (Å²) in [6, 6.07) is 26.0. The van der Waals surface area contributed by atoms with Gasteiger partial charge >= 0.3 is 0 Å². The number of hydrogen-bond donors (Lipinski definition) is 0. The van der Waals surface area contributed by atoms with E-state index in [2.05, 4.69) is 77.2 Å². The van der Waals surface area contributed by atoms with Gasteiger partial charge in [0.15, 0.2) is 0 Å². The van der Waals surface area contributed by atoms with Crippen molar-refractivity contribution < 1.29 is 4.39 Å². The van der Waals surface area contributed by atoms with Crippen LogP contribution in [-0.2, 0) is 26.2 Å². The van der Waals surface area contributed by atoms with Crippen molar-refractivity contribution in [2.24, 2.45) is 0 Å². The highest BCUT2D eigenvalue weighted by atomic mass is 32.2. The Bertz CT molecular complexity index is 1190. The molecule has 4 aromatic rings. The zero-order valence-electron chi connectivity index (χ0n) is 20.0. The Balaban J connectivity index is 1.67. The first kappa shape index (κ1) is 24.2. The zero-order valence-corrected chi connectivity index (χ0v) is 20.8. The summed E-state index contributed by atoms with van der Waals surface area (Å²) in [5.41, 5.74) is 4.60. The fourth-order valence-electron chi connectivity index (χ4n) is 4.27. The van der Waals surface area contributed by atoms with E-state index in [9.17, 15) is 4.39 Å². The van der Waals surface area contributed by atoms with Crippen LogP contribution in [-0.4, -0.2) is 20.7 Å². The predicted molar refractivity (Wildman–Crippen MR) is 140 cm³/mol. The highest BCUT2D eigenvalue weighted by Gasteiger charge is 2.17. The van der Waals surface area contributed by atoms with Crippen LogP contribution in [0.4, 0.5) is 4.39 Å². The molecule has 0 saturated carbocycles. The summed E-state index contributed by atoms with van der Waals surface area (Å²) < 4.78 is 16.2. The zero-order chi connectivity index (χ0) is 23.8. The molecule has 0 unspecified atom stereocenters. The van der Waals surface area contributed by atoms with Crippen LogP contribution < -0.4 is 0 Å². The second-order valence-electron chi connectivity index (χ2n) is 8.53. The Morgan fingerprint density at radius 2 is 1.71 bits per heavy atom. The molecule has 1 aromatic heterocycles. The molecule has 0 N–H and O–H groups in total. The fourth-order valence-corrected chi connectivity index (χ4v) is 4.88. The van der Waals surface area contributed by atoms with Gasteiger partial charge in [0.2, 0.25) is 0 Å². The van der Waals surface area contributed by atoms with E-state index < -0.39 is 0 Å². The summed E-state index contributed by atoms with van der Waals surface area (Å²) in [6.07, 6.45) is 6.24. The molecule has 3 nitrogen and oxygen atoms in total. The van der Waals surface area contributed by atoms with Gasteiger partial charge in [-0.2, -0.15) is 0 Å². The monoisotopic (exact) mass is 473 g/mol. The Kier molecular flexibility index (Phi) is 8.56. The lowest BCUT2D eigenvalue weighted by atomic mass is 10.1. The van der Waals surface area contributed by atoms with Crippen LogP contribution in [0.15, 0.2) is 90.0 Å². The molecule has 0 aliphatic rings. The molecule has 34 heavy (non-hydrogen) atoms. The third-order valence-electron chi connectivity index (χ3n) is 5.98. The normalized spacial score (nSPS) is 11.3. The van der Waals surface area contributed by atoms with Crippen LogP contribution >= 0.6 is 11.8 Å². The molecule has 1 heterocycles. The lowest BCUT2D eigenvalue weighted by Gasteiger charge is -2.24. The van der Waals surface area contributed by atoms with Crippen molar-refractivity contribution in [1.82, 2.24) is 14.5 Å². The molecule has 0 bridgehead atoms. The second-order valence-corrected chi connectivity index (χ2v) is 9.38. The number of aromatic nitrogens is 2. The number of imidazole rings is 1. The van der Waals surface area contributed by atoms with Gasteiger partial charge in [-0.3, -0.25) is 4.90 Å². The minimum absolute atomic E-state index is 0.233. The van der Waals surface area contributed by atoms with Crippen molar-refractivity contribution in [2.45, 2.75) is 50.8 Å². The van der Waals surface area contributed by atoms with E-state index >= 15 is 0 Å². The lowest BCUT2D eigenvalue weighted by molar-refractivity contribution is 0.239. The highest BCUT2D eigenvalue weighted by Crippen LogP contribution is 2.26. The van der Waals surface area contributed by atoms with Crippen molar-refractivity contribution in [3.8, 4) is 11.4 Å². The van der Waals surface area contributed by atoms with E-state index in [4.69, 9.17) is 4.98 Å². The van der Waals surface area contributed by atoms with E-state index in [1.807, 2.05) is 12.3 Å². The smallest absolute Gasteiger partial charge is 0.140 e. The summed E-state index contributed by atoms with van der Waals surface area (Å²) in [5, 5.41) is 0. The average Bonchev–Trinajstić information content (AvgIpc) is 3.25. The molecule has 0 amide bonds. The summed E-state index contributed by atoms with van der Waals surface area (Å²) in [4.78, 5) is 8.52. The van der Waals surface area contributed by atoms with E-state index in [0.717, 1.165) is 56.1 Å². The first-order chi connectivity index (χ1) is 16.7. The molecule has 0 fully saturated rings. The maximum Gasteiger partial charge on any atom is 0.140 e. The predicted octanol–water partition coefficient (Wildman–Crippen LogP) is 7.41. The number of unbranched alkanes of at least 4 members (excludes halogenated alkanes) is 1. The summed E-state index contributed by atoms with van der Waals surface area (Å²) in [5.74, 6) is 0.607. The Hall–Kier alpha value is -2.89. The van der Waals surface area contributed by atoms with Gasteiger partial charge in [-0.1, -0.05) is 74.0 Å². The average molecular weight is 474 g/mol. The number of hydrogen-bond acceptors (Lipinski definition) is 3. The molecular weight excluding hydrogens is 441 g/mol. The first-order valence-corrected chi connectivity index (χ1v) is 13.1. The van der Waals surface area contributed by atoms with Crippen LogP contribution in [0, 0.1) is 5.82 Å². The van der Waals surface area contributed by atoms with Crippen molar-refractivity contribution in [2.75, 3.05) is 6.26 Å². The van der Waals surface area contributed by atoms with Gasteiger partial charge in [0, 0.05) is 36.6 Å². The molecule has 3 aromatic carbocycles. The van der Waals surface area contributed by atoms with Crippen molar-refractivity contribution in [3.63, 3.8) is 0 Å². The van der Waals surface area contributed by atoms with Gasteiger partial charge in [0.05, 0.1) is 11.9 Å². The van der Waals surface area contributed by atoms with Crippen LogP contribution in [0.3, 0.4) is 0 Å². The SMILES string of the molecule is CCCCn1c(CN(Cc2ccccc2)Cc2ccccc2SC)cnc1-c1cccc(F)c1. The number of thioether (sulfide) groups is 1. The van der Waals surface area contributed by atoms with Crippen LogP contribution in [0.2, 0.25) is 0 Å². The van der Waals surface area contributed by atoms with E-state index in [-0.39, 0.29) is 5.82 Å². The first-order valence-electron chi connectivity index (χ1n) is 11.9. The Labute approximate surface area is 206 Å². The maximum atomic E-state index is 14.0.